The number of rotatable bonds is 4. The van der Waals surface area contributed by atoms with Gasteiger partial charge >= 0.3 is 0 Å². The summed E-state index contributed by atoms with van der Waals surface area (Å²) in [6, 6.07) is 14.4. The second-order valence-corrected chi connectivity index (χ2v) is 6.39. The van der Waals surface area contributed by atoms with E-state index in [9.17, 15) is 14.7 Å². The fourth-order valence-electron chi connectivity index (χ4n) is 3.16. The average Bonchev–Trinajstić information content (AvgIpc) is 3.05. The lowest BCUT2D eigenvalue weighted by Gasteiger charge is -2.17. The van der Waals surface area contributed by atoms with Gasteiger partial charge in [-0.05, 0) is 56.0 Å². The lowest BCUT2D eigenvalue weighted by Crippen LogP contribution is -2.29. The van der Waals surface area contributed by atoms with Crippen LogP contribution in [-0.2, 0) is 4.79 Å². The smallest absolute Gasteiger partial charge is 0.255 e. The number of hydrogen-bond donors (Lipinski definition) is 3. The molecule has 0 radical (unpaired) electrons. The summed E-state index contributed by atoms with van der Waals surface area (Å²) in [5.74, 6) is -0.722. The van der Waals surface area contributed by atoms with E-state index in [4.69, 9.17) is 0 Å². The van der Waals surface area contributed by atoms with Crippen LogP contribution in [0.2, 0.25) is 0 Å². The molecular formula is C20H22N2O3. The van der Waals surface area contributed by atoms with Crippen molar-refractivity contribution in [3.05, 3.63) is 59.7 Å². The number of amides is 2. The molecule has 2 atom stereocenters. The Morgan fingerprint density at radius 1 is 0.960 bits per heavy atom. The predicted molar refractivity (Wildman–Crippen MR) is 97.6 cm³/mol. The van der Waals surface area contributed by atoms with Crippen LogP contribution in [0.1, 0.15) is 35.2 Å². The van der Waals surface area contributed by atoms with Crippen LogP contribution in [-0.4, -0.2) is 23.0 Å². The number of aliphatic hydroxyl groups excluding tert-OH is 1. The Balaban J connectivity index is 1.74. The molecule has 0 bridgehead atoms. The minimum atomic E-state index is -0.568. The van der Waals surface area contributed by atoms with E-state index in [0.29, 0.717) is 29.8 Å². The maximum atomic E-state index is 12.4. The number of carbonyl (C=O) groups is 2. The topological polar surface area (TPSA) is 78.4 Å². The molecule has 2 unspecified atom stereocenters. The Hall–Kier alpha value is -2.66. The van der Waals surface area contributed by atoms with Gasteiger partial charge in [0.05, 0.1) is 12.0 Å². The highest BCUT2D eigenvalue weighted by Crippen LogP contribution is 2.29. The molecule has 1 aliphatic carbocycles. The largest absolute Gasteiger partial charge is 0.392 e. The van der Waals surface area contributed by atoms with Crippen molar-refractivity contribution in [3.8, 4) is 0 Å². The van der Waals surface area contributed by atoms with E-state index in [1.54, 1.807) is 30.3 Å². The van der Waals surface area contributed by atoms with Crippen LogP contribution in [0, 0.1) is 12.8 Å². The molecule has 0 spiro atoms. The Kier molecular flexibility index (Phi) is 5.14. The molecule has 0 aliphatic heterocycles. The van der Waals surface area contributed by atoms with Gasteiger partial charge in [0.1, 0.15) is 0 Å². The van der Waals surface area contributed by atoms with E-state index in [-0.39, 0.29) is 17.7 Å². The molecule has 2 amide bonds. The van der Waals surface area contributed by atoms with Crippen molar-refractivity contribution in [2.75, 3.05) is 10.6 Å². The summed E-state index contributed by atoms with van der Waals surface area (Å²) < 4.78 is 0. The zero-order valence-corrected chi connectivity index (χ0v) is 14.2. The number of hydrogen-bond acceptors (Lipinski definition) is 3. The first-order valence-corrected chi connectivity index (χ1v) is 8.51. The van der Waals surface area contributed by atoms with Gasteiger partial charge in [-0.3, -0.25) is 9.59 Å². The van der Waals surface area contributed by atoms with Gasteiger partial charge in [-0.15, -0.1) is 0 Å². The molecule has 5 heteroatoms. The van der Waals surface area contributed by atoms with Gasteiger partial charge < -0.3 is 15.7 Å². The van der Waals surface area contributed by atoms with Crippen LogP contribution < -0.4 is 10.6 Å². The first-order chi connectivity index (χ1) is 12.1. The number of nitrogens with one attached hydrogen (secondary N) is 2. The third-order valence-corrected chi connectivity index (χ3v) is 4.69. The van der Waals surface area contributed by atoms with Gasteiger partial charge in [0, 0.05) is 16.9 Å². The highest BCUT2D eigenvalue weighted by atomic mass is 16.3. The summed E-state index contributed by atoms with van der Waals surface area (Å²) in [5.41, 5.74) is 2.66. The van der Waals surface area contributed by atoms with E-state index in [1.807, 2.05) is 25.1 Å². The lowest BCUT2D eigenvalue weighted by atomic mass is 10.0. The molecule has 25 heavy (non-hydrogen) atoms. The van der Waals surface area contributed by atoms with Crippen LogP contribution >= 0.6 is 0 Å². The second kappa shape index (κ2) is 7.49. The molecule has 3 rings (SSSR count). The summed E-state index contributed by atoms with van der Waals surface area (Å²) in [4.78, 5) is 24.7. The van der Waals surface area contributed by atoms with Gasteiger partial charge in [0.2, 0.25) is 5.91 Å². The van der Waals surface area contributed by atoms with Crippen molar-refractivity contribution >= 4 is 23.2 Å². The first-order valence-electron chi connectivity index (χ1n) is 8.51. The monoisotopic (exact) mass is 338 g/mol. The Labute approximate surface area is 147 Å². The van der Waals surface area contributed by atoms with Crippen LogP contribution in [0.3, 0.4) is 0 Å². The minimum absolute atomic E-state index is 0.167. The summed E-state index contributed by atoms with van der Waals surface area (Å²) in [7, 11) is 0. The van der Waals surface area contributed by atoms with E-state index in [2.05, 4.69) is 10.6 Å². The van der Waals surface area contributed by atoms with Crippen molar-refractivity contribution in [3.63, 3.8) is 0 Å². The Morgan fingerprint density at radius 2 is 1.64 bits per heavy atom. The van der Waals surface area contributed by atoms with E-state index >= 15 is 0 Å². The van der Waals surface area contributed by atoms with Gasteiger partial charge in [-0.1, -0.05) is 24.3 Å². The third-order valence-electron chi connectivity index (χ3n) is 4.69. The van der Waals surface area contributed by atoms with Gasteiger partial charge in [0.15, 0.2) is 0 Å². The SMILES string of the molecule is Cc1c(NC(=O)c2ccccc2)cccc1NC(=O)C1CCCC1O. The Morgan fingerprint density at radius 3 is 2.28 bits per heavy atom. The quantitative estimate of drug-likeness (QED) is 0.800. The number of benzene rings is 2. The highest BCUT2D eigenvalue weighted by molar-refractivity contribution is 6.05. The molecule has 130 valence electrons. The summed E-state index contributed by atoms with van der Waals surface area (Å²) >= 11 is 0. The molecule has 2 aromatic rings. The van der Waals surface area contributed by atoms with Crippen LogP contribution in [0.4, 0.5) is 11.4 Å². The second-order valence-electron chi connectivity index (χ2n) is 6.39. The van der Waals surface area contributed by atoms with Crippen molar-refractivity contribution < 1.29 is 14.7 Å². The van der Waals surface area contributed by atoms with Gasteiger partial charge in [0.25, 0.3) is 5.91 Å². The zero-order chi connectivity index (χ0) is 17.8. The first kappa shape index (κ1) is 17.2. The highest BCUT2D eigenvalue weighted by Gasteiger charge is 2.31. The van der Waals surface area contributed by atoms with Crippen LogP contribution in [0.15, 0.2) is 48.5 Å². The Bertz CT molecular complexity index is 774. The van der Waals surface area contributed by atoms with Gasteiger partial charge in [-0.2, -0.15) is 0 Å². The molecule has 1 saturated carbocycles. The molecule has 5 nitrogen and oxygen atoms in total. The molecule has 1 fully saturated rings. The lowest BCUT2D eigenvalue weighted by molar-refractivity contribution is -0.122. The van der Waals surface area contributed by atoms with Crippen molar-refractivity contribution in [1.29, 1.82) is 0 Å². The van der Waals surface area contributed by atoms with Crippen LogP contribution in [0.25, 0.3) is 0 Å². The standard InChI is InChI=1S/C20H22N2O3/c1-13-16(21-19(24)14-7-3-2-4-8-14)10-6-11-17(13)22-20(25)15-9-5-12-18(15)23/h2-4,6-8,10-11,15,18,23H,5,9,12H2,1H3,(H,21,24)(H,22,25). The van der Waals surface area contributed by atoms with E-state index in [1.165, 1.54) is 0 Å². The van der Waals surface area contributed by atoms with Crippen molar-refractivity contribution in [1.82, 2.24) is 0 Å². The fourth-order valence-corrected chi connectivity index (χ4v) is 3.16. The van der Waals surface area contributed by atoms with Crippen LogP contribution in [0.5, 0.6) is 0 Å². The summed E-state index contributed by atoms with van der Waals surface area (Å²) in [5, 5.41) is 15.7. The molecule has 1 aliphatic rings. The van der Waals surface area contributed by atoms with Gasteiger partial charge in [-0.25, -0.2) is 0 Å². The van der Waals surface area contributed by atoms with E-state index in [0.717, 1.165) is 12.0 Å². The fraction of sp³-hybridized carbons (Fsp3) is 0.300. The molecule has 3 N–H and O–H groups in total. The summed E-state index contributed by atoms with van der Waals surface area (Å²) in [6.07, 6.45) is 1.67. The maximum absolute atomic E-state index is 12.4. The van der Waals surface area contributed by atoms with E-state index < -0.39 is 6.10 Å². The summed E-state index contributed by atoms with van der Waals surface area (Å²) in [6.45, 7) is 1.85. The molecule has 0 heterocycles. The third kappa shape index (κ3) is 3.88. The zero-order valence-electron chi connectivity index (χ0n) is 14.2. The molecular weight excluding hydrogens is 316 g/mol. The average molecular weight is 338 g/mol. The number of carbonyl (C=O) groups excluding carboxylic acids is 2. The normalized spacial score (nSPS) is 19.4. The predicted octanol–water partition coefficient (Wildman–Crippen LogP) is 3.35. The number of anilines is 2. The van der Waals surface area contributed by atoms with Crippen molar-refractivity contribution in [2.45, 2.75) is 32.3 Å². The molecule has 0 aromatic heterocycles. The number of aliphatic hydroxyl groups is 1. The molecule has 2 aromatic carbocycles. The van der Waals surface area contributed by atoms with Crippen molar-refractivity contribution in [2.24, 2.45) is 5.92 Å². The minimum Gasteiger partial charge on any atom is -0.392 e. The molecule has 0 saturated heterocycles. The maximum Gasteiger partial charge on any atom is 0.255 e.